The van der Waals surface area contributed by atoms with Crippen molar-refractivity contribution in [2.75, 3.05) is 19.8 Å². The van der Waals surface area contributed by atoms with Crippen LogP contribution in [0.3, 0.4) is 0 Å². The zero-order chi connectivity index (χ0) is 19.9. The Hall–Kier alpha value is -2.70. The van der Waals surface area contributed by atoms with Crippen molar-refractivity contribution in [3.63, 3.8) is 0 Å². The van der Waals surface area contributed by atoms with Crippen LogP contribution in [0.4, 0.5) is 0 Å². The van der Waals surface area contributed by atoms with E-state index in [4.69, 9.17) is 16.2 Å². The lowest BCUT2D eigenvalue weighted by Crippen LogP contribution is -2.42. The molecule has 1 aliphatic heterocycles. The summed E-state index contributed by atoms with van der Waals surface area (Å²) in [4.78, 5) is 26.7. The van der Waals surface area contributed by atoms with Crippen LogP contribution < -0.4 is 11.5 Å². The van der Waals surface area contributed by atoms with E-state index in [1.807, 2.05) is 41.3 Å². The van der Waals surface area contributed by atoms with Gasteiger partial charge in [0.25, 0.3) is 0 Å². The number of ether oxygens (including phenoxy) is 1. The highest BCUT2D eigenvalue weighted by Gasteiger charge is 2.33. The molecule has 2 amide bonds. The summed E-state index contributed by atoms with van der Waals surface area (Å²) in [5.74, 6) is -0.588. The maximum absolute atomic E-state index is 13.4. The highest BCUT2D eigenvalue weighted by Crippen LogP contribution is 2.25. The van der Waals surface area contributed by atoms with Gasteiger partial charge in [0.15, 0.2) is 0 Å². The summed E-state index contributed by atoms with van der Waals surface area (Å²) < 4.78 is 5.47. The molecule has 2 aromatic rings. The molecule has 0 bridgehead atoms. The minimum Gasteiger partial charge on any atom is -0.381 e. The minimum absolute atomic E-state index is 0.0198. The maximum Gasteiger partial charge on any atom is 0.248 e. The number of amides is 2. The summed E-state index contributed by atoms with van der Waals surface area (Å²) in [5, 5.41) is 0. The van der Waals surface area contributed by atoms with Gasteiger partial charge in [-0.05, 0) is 35.6 Å². The first-order valence-corrected chi connectivity index (χ1v) is 9.57. The van der Waals surface area contributed by atoms with Crippen LogP contribution in [0.15, 0.2) is 54.6 Å². The number of carbonyl (C=O) groups excluding carboxylic acids is 2. The lowest BCUT2D eigenvalue weighted by atomic mass is 9.90. The monoisotopic (exact) mass is 381 g/mol. The van der Waals surface area contributed by atoms with Gasteiger partial charge in [-0.1, -0.05) is 42.5 Å². The summed E-state index contributed by atoms with van der Waals surface area (Å²) >= 11 is 0. The Morgan fingerprint density at radius 1 is 1.07 bits per heavy atom. The Balaban J connectivity index is 1.84. The van der Waals surface area contributed by atoms with Crippen LogP contribution in [-0.2, 0) is 22.6 Å². The highest BCUT2D eigenvalue weighted by atomic mass is 16.5. The fourth-order valence-electron chi connectivity index (χ4n) is 3.66. The van der Waals surface area contributed by atoms with Crippen molar-refractivity contribution in [3.8, 4) is 0 Å². The van der Waals surface area contributed by atoms with E-state index in [1.165, 1.54) is 0 Å². The molecule has 1 aliphatic rings. The molecule has 2 unspecified atom stereocenters. The topological polar surface area (TPSA) is 98.7 Å². The second kappa shape index (κ2) is 9.48. The number of nitrogens with zero attached hydrogens (tertiary/aromatic N) is 1. The zero-order valence-corrected chi connectivity index (χ0v) is 15.9. The molecular weight excluding hydrogens is 354 g/mol. The van der Waals surface area contributed by atoms with Crippen LogP contribution in [-0.4, -0.2) is 36.5 Å². The number of rotatable bonds is 8. The van der Waals surface area contributed by atoms with Crippen molar-refractivity contribution in [2.45, 2.75) is 19.5 Å². The van der Waals surface area contributed by atoms with E-state index in [9.17, 15) is 9.59 Å². The van der Waals surface area contributed by atoms with Gasteiger partial charge in [0.1, 0.15) is 0 Å². The predicted octanol–water partition coefficient (Wildman–Crippen LogP) is 1.93. The van der Waals surface area contributed by atoms with Gasteiger partial charge in [-0.15, -0.1) is 0 Å². The third-order valence-electron chi connectivity index (χ3n) is 5.22. The second-order valence-corrected chi connectivity index (χ2v) is 7.21. The third-order valence-corrected chi connectivity index (χ3v) is 5.22. The Morgan fingerprint density at radius 2 is 1.79 bits per heavy atom. The first kappa shape index (κ1) is 20.0. The molecule has 0 aliphatic carbocycles. The van der Waals surface area contributed by atoms with Crippen LogP contribution in [0.1, 0.15) is 27.9 Å². The summed E-state index contributed by atoms with van der Waals surface area (Å²) in [5.41, 5.74) is 13.7. The summed E-state index contributed by atoms with van der Waals surface area (Å²) in [7, 11) is 0. The van der Waals surface area contributed by atoms with Crippen molar-refractivity contribution in [3.05, 3.63) is 71.3 Å². The van der Waals surface area contributed by atoms with Gasteiger partial charge in [0.2, 0.25) is 11.8 Å². The highest BCUT2D eigenvalue weighted by molar-refractivity contribution is 5.92. The lowest BCUT2D eigenvalue weighted by molar-refractivity contribution is -0.138. The lowest BCUT2D eigenvalue weighted by Gasteiger charge is -2.29. The molecule has 2 aromatic carbocycles. The van der Waals surface area contributed by atoms with Crippen LogP contribution >= 0.6 is 0 Å². The number of hydrogen-bond acceptors (Lipinski definition) is 4. The van der Waals surface area contributed by atoms with Gasteiger partial charge in [-0.3, -0.25) is 9.59 Å². The molecule has 148 valence electrons. The average Bonchev–Trinajstić information content (AvgIpc) is 3.23. The molecular formula is C22H27N3O3. The first-order valence-electron chi connectivity index (χ1n) is 9.57. The van der Waals surface area contributed by atoms with E-state index in [0.717, 1.165) is 17.5 Å². The van der Waals surface area contributed by atoms with Crippen molar-refractivity contribution < 1.29 is 14.3 Å². The molecule has 6 nitrogen and oxygen atoms in total. The molecule has 28 heavy (non-hydrogen) atoms. The summed E-state index contributed by atoms with van der Waals surface area (Å²) in [6.07, 6.45) is 0.851. The molecule has 0 radical (unpaired) electrons. The van der Waals surface area contributed by atoms with Gasteiger partial charge in [0.05, 0.1) is 12.5 Å². The molecule has 3 rings (SSSR count). The molecule has 1 fully saturated rings. The summed E-state index contributed by atoms with van der Waals surface area (Å²) in [6.45, 7) is 2.40. The Bertz CT molecular complexity index is 804. The van der Waals surface area contributed by atoms with Crippen LogP contribution in [0, 0.1) is 11.8 Å². The maximum atomic E-state index is 13.4. The van der Waals surface area contributed by atoms with Crippen LogP contribution in [0.2, 0.25) is 0 Å². The predicted molar refractivity (Wildman–Crippen MR) is 107 cm³/mol. The zero-order valence-electron chi connectivity index (χ0n) is 15.9. The number of carbonyl (C=O) groups is 2. The van der Waals surface area contributed by atoms with Crippen molar-refractivity contribution in [1.29, 1.82) is 0 Å². The molecule has 1 heterocycles. The van der Waals surface area contributed by atoms with Crippen molar-refractivity contribution in [1.82, 2.24) is 4.90 Å². The van der Waals surface area contributed by atoms with Gasteiger partial charge < -0.3 is 21.1 Å². The molecule has 2 atom stereocenters. The van der Waals surface area contributed by atoms with E-state index in [-0.39, 0.29) is 17.7 Å². The summed E-state index contributed by atoms with van der Waals surface area (Å²) in [6, 6.07) is 16.9. The molecule has 4 N–H and O–H groups in total. The fourth-order valence-corrected chi connectivity index (χ4v) is 3.66. The van der Waals surface area contributed by atoms with E-state index >= 15 is 0 Å². The van der Waals surface area contributed by atoms with Gasteiger partial charge in [-0.2, -0.15) is 0 Å². The second-order valence-electron chi connectivity index (χ2n) is 7.21. The third kappa shape index (κ3) is 4.97. The fraction of sp³-hybridized carbons (Fsp3) is 0.364. The Morgan fingerprint density at radius 3 is 2.43 bits per heavy atom. The van der Waals surface area contributed by atoms with E-state index in [2.05, 4.69) is 0 Å². The van der Waals surface area contributed by atoms with Gasteiger partial charge in [0, 0.05) is 31.8 Å². The normalized spacial score (nSPS) is 17.2. The van der Waals surface area contributed by atoms with E-state index in [0.29, 0.717) is 38.4 Å². The standard InChI is InChI=1S/C22H27N3O3/c23-12-20(19-9-10-28-15-19)22(27)25(13-16-5-2-1-3-6-16)14-17-7-4-8-18(11-17)21(24)26/h1-8,11,19-20H,9-10,12-15,23H2,(H2,24,26). The first-order chi connectivity index (χ1) is 13.6. The number of hydrogen-bond donors (Lipinski definition) is 2. The number of benzene rings is 2. The Kier molecular flexibility index (Phi) is 6.79. The smallest absolute Gasteiger partial charge is 0.248 e. The van der Waals surface area contributed by atoms with E-state index < -0.39 is 5.91 Å². The van der Waals surface area contributed by atoms with E-state index in [1.54, 1.807) is 18.2 Å². The molecule has 6 heteroatoms. The number of nitrogens with two attached hydrogens (primary N) is 2. The van der Waals surface area contributed by atoms with Gasteiger partial charge in [-0.25, -0.2) is 0 Å². The Labute approximate surface area is 165 Å². The molecule has 1 saturated heterocycles. The van der Waals surface area contributed by atoms with Crippen molar-refractivity contribution >= 4 is 11.8 Å². The quantitative estimate of drug-likeness (QED) is 0.730. The molecule has 0 saturated carbocycles. The van der Waals surface area contributed by atoms with Crippen LogP contribution in [0.25, 0.3) is 0 Å². The van der Waals surface area contributed by atoms with Crippen molar-refractivity contribution in [2.24, 2.45) is 23.3 Å². The minimum atomic E-state index is -0.481. The largest absolute Gasteiger partial charge is 0.381 e. The van der Waals surface area contributed by atoms with Gasteiger partial charge >= 0.3 is 0 Å². The SMILES string of the molecule is NCC(C(=O)N(Cc1ccccc1)Cc1cccc(C(N)=O)c1)C1CCOC1. The molecule has 0 spiro atoms. The number of primary amides is 1. The molecule has 0 aromatic heterocycles. The average molecular weight is 381 g/mol. The van der Waals surface area contributed by atoms with Crippen LogP contribution in [0.5, 0.6) is 0 Å².